The number of aromatic nitrogens is 4. The molecular weight excluding hydrogens is 268 g/mol. The molecule has 0 aromatic carbocycles. The van der Waals surface area contributed by atoms with Crippen molar-refractivity contribution < 1.29 is 0 Å². The molecule has 0 spiro atoms. The largest absolute Gasteiger partial charge is 0.306 e. The molecule has 3 aromatic rings. The molecule has 18 heavy (non-hydrogen) atoms. The van der Waals surface area contributed by atoms with Crippen LogP contribution in [0.2, 0.25) is 0 Å². The summed E-state index contributed by atoms with van der Waals surface area (Å²) in [5.41, 5.74) is 5.74. The Bertz CT molecular complexity index is 675. The highest BCUT2D eigenvalue weighted by atomic mass is 35.5. The Labute approximate surface area is 113 Å². The molecule has 6 heteroatoms. The summed E-state index contributed by atoms with van der Waals surface area (Å²) in [6.45, 7) is 2.70. The van der Waals surface area contributed by atoms with Gasteiger partial charge in [0.15, 0.2) is 5.65 Å². The van der Waals surface area contributed by atoms with Crippen molar-refractivity contribution in [1.82, 2.24) is 19.5 Å². The molecule has 0 fully saturated rings. The fraction of sp³-hybridized carbons (Fsp3) is 0.250. The molecule has 92 valence electrons. The van der Waals surface area contributed by atoms with Crippen molar-refractivity contribution in [3.8, 4) is 0 Å². The van der Waals surface area contributed by atoms with Gasteiger partial charge in [-0.25, -0.2) is 15.0 Å². The number of alkyl halides is 1. The van der Waals surface area contributed by atoms with Crippen LogP contribution in [-0.2, 0) is 12.4 Å². The standard InChI is InChI=1S/C12H11ClN4S/c1-8-2-3-14-12-11(8)16-10(4-13)17(12)5-9-6-18-7-15-9/h2-3,6-7H,4-5H2,1H3. The van der Waals surface area contributed by atoms with Crippen molar-refractivity contribution in [2.45, 2.75) is 19.3 Å². The first-order valence-electron chi connectivity index (χ1n) is 5.53. The Morgan fingerprint density at radius 1 is 1.39 bits per heavy atom. The smallest absolute Gasteiger partial charge is 0.160 e. The molecule has 0 radical (unpaired) electrons. The van der Waals surface area contributed by atoms with Gasteiger partial charge in [-0.2, -0.15) is 0 Å². The molecule has 3 rings (SSSR count). The van der Waals surface area contributed by atoms with E-state index in [4.69, 9.17) is 11.6 Å². The average Bonchev–Trinajstić information content (AvgIpc) is 2.99. The second kappa shape index (κ2) is 4.66. The van der Waals surface area contributed by atoms with Gasteiger partial charge < -0.3 is 4.57 Å². The molecule has 3 heterocycles. The Hall–Kier alpha value is -1.46. The molecule has 0 aliphatic carbocycles. The number of pyridine rings is 1. The molecule has 0 aliphatic rings. The molecular formula is C12H11ClN4S. The second-order valence-corrected chi connectivity index (χ2v) is 5.01. The zero-order valence-electron chi connectivity index (χ0n) is 9.80. The third-order valence-electron chi connectivity index (χ3n) is 2.84. The fourth-order valence-corrected chi connectivity index (χ4v) is 2.68. The Morgan fingerprint density at radius 3 is 3.00 bits per heavy atom. The van der Waals surface area contributed by atoms with Gasteiger partial charge in [0.05, 0.1) is 23.6 Å². The molecule has 0 unspecified atom stereocenters. The quantitative estimate of drug-likeness (QED) is 0.692. The summed E-state index contributed by atoms with van der Waals surface area (Å²) in [7, 11) is 0. The summed E-state index contributed by atoms with van der Waals surface area (Å²) in [5.74, 6) is 1.21. The van der Waals surface area contributed by atoms with E-state index in [2.05, 4.69) is 15.0 Å². The Kier molecular flexibility index (Phi) is 3.01. The van der Waals surface area contributed by atoms with Crippen LogP contribution in [0.25, 0.3) is 11.2 Å². The Morgan fingerprint density at radius 2 is 2.28 bits per heavy atom. The summed E-state index contributed by atoms with van der Waals surface area (Å²) >= 11 is 7.55. The lowest BCUT2D eigenvalue weighted by Gasteiger charge is -2.04. The normalized spacial score (nSPS) is 11.2. The van der Waals surface area contributed by atoms with E-state index < -0.39 is 0 Å². The van der Waals surface area contributed by atoms with Gasteiger partial charge in [-0.05, 0) is 18.6 Å². The van der Waals surface area contributed by atoms with E-state index in [0.29, 0.717) is 12.4 Å². The summed E-state index contributed by atoms with van der Waals surface area (Å²) < 4.78 is 2.03. The van der Waals surface area contributed by atoms with E-state index in [9.17, 15) is 0 Å². The maximum absolute atomic E-state index is 5.97. The minimum atomic E-state index is 0.375. The number of imidazole rings is 1. The van der Waals surface area contributed by atoms with Crippen LogP contribution in [0.15, 0.2) is 23.2 Å². The van der Waals surface area contributed by atoms with Gasteiger partial charge in [-0.15, -0.1) is 22.9 Å². The van der Waals surface area contributed by atoms with Crippen LogP contribution < -0.4 is 0 Å². The van der Waals surface area contributed by atoms with Gasteiger partial charge in [0.25, 0.3) is 0 Å². The van der Waals surface area contributed by atoms with E-state index in [1.165, 1.54) is 0 Å². The van der Waals surface area contributed by atoms with Crippen molar-refractivity contribution in [2.75, 3.05) is 0 Å². The van der Waals surface area contributed by atoms with Crippen LogP contribution in [0, 0.1) is 6.92 Å². The molecule has 0 N–H and O–H groups in total. The molecule has 0 bridgehead atoms. The first-order chi connectivity index (χ1) is 8.79. The van der Waals surface area contributed by atoms with Crippen molar-refractivity contribution in [3.63, 3.8) is 0 Å². The molecule has 0 atom stereocenters. The van der Waals surface area contributed by atoms with E-state index >= 15 is 0 Å². The Balaban J connectivity index is 2.17. The SMILES string of the molecule is Cc1ccnc2c1nc(CCl)n2Cc1cscn1. The van der Waals surface area contributed by atoms with Crippen LogP contribution in [0.4, 0.5) is 0 Å². The van der Waals surface area contributed by atoms with Crippen LogP contribution in [-0.4, -0.2) is 19.5 Å². The summed E-state index contributed by atoms with van der Waals surface area (Å²) in [6, 6.07) is 1.96. The lowest BCUT2D eigenvalue weighted by Crippen LogP contribution is -2.04. The highest BCUT2D eigenvalue weighted by Gasteiger charge is 2.13. The monoisotopic (exact) mass is 278 g/mol. The first-order valence-corrected chi connectivity index (χ1v) is 7.01. The van der Waals surface area contributed by atoms with E-state index in [0.717, 1.165) is 28.2 Å². The predicted molar refractivity (Wildman–Crippen MR) is 73.0 cm³/mol. The van der Waals surface area contributed by atoms with Crippen molar-refractivity contribution in [1.29, 1.82) is 0 Å². The number of halogens is 1. The van der Waals surface area contributed by atoms with Crippen LogP contribution in [0.1, 0.15) is 17.1 Å². The number of nitrogens with zero attached hydrogens (tertiary/aromatic N) is 4. The van der Waals surface area contributed by atoms with Crippen molar-refractivity contribution in [3.05, 3.63) is 40.2 Å². The molecule has 3 aromatic heterocycles. The van der Waals surface area contributed by atoms with E-state index in [-0.39, 0.29) is 0 Å². The molecule has 4 nitrogen and oxygen atoms in total. The third-order valence-corrected chi connectivity index (χ3v) is 3.71. The van der Waals surface area contributed by atoms with Crippen LogP contribution in [0.3, 0.4) is 0 Å². The zero-order valence-corrected chi connectivity index (χ0v) is 11.4. The van der Waals surface area contributed by atoms with Crippen molar-refractivity contribution in [2.24, 2.45) is 0 Å². The van der Waals surface area contributed by atoms with Crippen LogP contribution in [0.5, 0.6) is 0 Å². The average molecular weight is 279 g/mol. The minimum absolute atomic E-state index is 0.375. The number of hydrogen-bond donors (Lipinski definition) is 0. The van der Waals surface area contributed by atoms with Gasteiger partial charge >= 0.3 is 0 Å². The van der Waals surface area contributed by atoms with Gasteiger partial charge in [-0.3, -0.25) is 0 Å². The predicted octanol–water partition coefficient (Wildman–Crippen LogP) is 2.98. The highest BCUT2D eigenvalue weighted by Crippen LogP contribution is 2.20. The highest BCUT2D eigenvalue weighted by molar-refractivity contribution is 7.07. The second-order valence-electron chi connectivity index (χ2n) is 4.03. The number of fused-ring (bicyclic) bond motifs is 1. The molecule has 0 amide bonds. The van der Waals surface area contributed by atoms with Gasteiger partial charge in [0, 0.05) is 11.6 Å². The van der Waals surface area contributed by atoms with Gasteiger partial charge in [-0.1, -0.05) is 0 Å². The maximum Gasteiger partial charge on any atom is 0.160 e. The maximum atomic E-state index is 5.97. The fourth-order valence-electron chi connectivity index (χ4n) is 1.93. The lowest BCUT2D eigenvalue weighted by molar-refractivity contribution is 0.755. The van der Waals surface area contributed by atoms with Gasteiger partial charge in [0.2, 0.25) is 0 Å². The zero-order chi connectivity index (χ0) is 12.5. The number of thiazole rings is 1. The first kappa shape index (κ1) is 11.6. The van der Waals surface area contributed by atoms with E-state index in [1.54, 1.807) is 17.5 Å². The topological polar surface area (TPSA) is 43.6 Å². The lowest BCUT2D eigenvalue weighted by atomic mass is 10.3. The number of rotatable bonds is 3. The third kappa shape index (κ3) is 1.89. The molecule has 0 aliphatic heterocycles. The van der Waals surface area contributed by atoms with Crippen LogP contribution >= 0.6 is 22.9 Å². The minimum Gasteiger partial charge on any atom is -0.306 e. The van der Waals surface area contributed by atoms with Crippen molar-refractivity contribution >= 4 is 34.1 Å². The number of hydrogen-bond acceptors (Lipinski definition) is 4. The molecule has 0 saturated heterocycles. The summed E-state index contributed by atoms with van der Waals surface area (Å²) in [6.07, 6.45) is 1.80. The molecule has 0 saturated carbocycles. The van der Waals surface area contributed by atoms with Gasteiger partial charge in [0.1, 0.15) is 11.3 Å². The summed E-state index contributed by atoms with van der Waals surface area (Å²) in [4.78, 5) is 13.3. The van der Waals surface area contributed by atoms with E-state index in [1.807, 2.05) is 28.4 Å². The summed E-state index contributed by atoms with van der Waals surface area (Å²) in [5, 5.41) is 2.03. The number of aryl methyl sites for hydroxylation is 1.